The van der Waals surface area contributed by atoms with Gasteiger partial charge in [-0.1, -0.05) is 23.8 Å². The lowest BCUT2D eigenvalue weighted by atomic mass is 9.98. The van der Waals surface area contributed by atoms with E-state index < -0.39 is 5.97 Å². The standard InChI is InChI=1S/C19H28N2O3/c1-14-7-8-17(15(2)13-14)16(3)20-9-11-21(12-10-20)18(22)5-4-6-19(23)24/h7-8,13,16H,4-6,9-12H2,1-3H3,(H,23,24)/t16-/m1/s1. The topological polar surface area (TPSA) is 64.9 Å². The molecule has 0 unspecified atom stereocenters. The van der Waals surface area contributed by atoms with Crippen LogP contribution in [0.1, 0.15) is 48.9 Å². The predicted molar refractivity (Wildman–Crippen MR) is 90.5 cm³/mol. The molecule has 132 valence electrons. The summed E-state index contributed by atoms with van der Waals surface area (Å²) in [6.45, 7) is 9.88. The maximum atomic E-state index is 12.1. The van der Waals surface area contributed by atoms with Crippen molar-refractivity contribution in [1.82, 2.24) is 4.90 Å². The molecule has 5 nitrogen and oxygen atoms in total. The van der Waals surface area contributed by atoms with Crippen LogP contribution in [0.3, 0.4) is 0 Å². The summed E-state index contributed by atoms with van der Waals surface area (Å²) in [5.41, 5.74) is 3.99. The lowest BCUT2D eigenvalue weighted by Gasteiger charge is -2.36. The van der Waals surface area contributed by atoms with Gasteiger partial charge in [0.05, 0.1) is 26.2 Å². The van der Waals surface area contributed by atoms with Crippen LogP contribution in [0.15, 0.2) is 18.2 Å². The van der Waals surface area contributed by atoms with Gasteiger partial charge >= 0.3 is 0 Å². The molecule has 1 aromatic rings. The Morgan fingerprint density at radius 1 is 1.21 bits per heavy atom. The zero-order chi connectivity index (χ0) is 17.7. The number of nitrogens with one attached hydrogen (secondary N) is 1. The molecular formula is C19H28N2O3. The van der Waals surface area contributed by atoms with Crippen LogP contribution in [0.25, 0.3) is 0 Å². The number of piperazine rings is 1. The third-order valence-corrected chi connectivity index (χ3v) is 5.03. The maximum absolute atomic E-state index is 12.1. The van der Waals surface area contributed by atoms with Crippen LogP contribution in [-0.2, 0) is 9.59 Å². The number of hydrogen-bond acceptors (Lipinski definition) is 3. The monoisotopic (exact) mass is 332 g/mol. The minimum atomic E-state index is -1.08. The second-order valence-corrected chi connectivity index (χ2v) is 6.85. The summed E-state index contributed by atoms with van der Waals surface area (Å²) >= 11 is 0. The van der Waals surface area contributed by atoms with Crippen molar-refractivity contribution in [1.29, 1.82) is 0 Å². The Hall–Kier alpha value is -1.88. The van der Waals surface area contributed by atoms with Gasteiger partial charge in [0.15, 0.2) is 0 Å². The first-order valence-corrected chi connectivity index (χ1v) is 8.78. The third-order valence-electron chi connectivity index (χ3n) is 5.03. The third kappa shape index (κ3) is 4.81. The fourth-order valence-electron chi connectivity index (χ4n) is 3.55. The molecule has 1 fully saturated rings. The minimum absolute atomic E-state index is 0.0410. The lowest BCUT2D eigenvalue weighted by molar-refractivity contribution is -0.933. The lowest BCUT2D eigenvalue weighted by Crippen LogP contribution is -3.14. The van der Waals surface area contributed by atoms with Crippen molar-refractivity contribution in [2.24, 2.45) is 0 Å². The Kier molecular flexibility index (Phi) is 6.37. The zero-order valence-corrected chi connectivity index (χ0v) is 14.9. The van der Waals surface area contributed by atoms with Gasteiger partial charge in [0.1, 0.15) is 6.04 Å². The van der Waals surface area contributed by atoms with Crippen molar-refractivity contribution in [3.8, 4) is 0 Å². The van der Waals surface area contributed by atoms with E-state index in [-0.39, 0.29) is 12.3 Å². The van der Waals surface area contributed by atoms with E-state index in [1.165, 1.54) is 21.6 Å². The van der Waals surface area contributed by atoms with Gasteiger partial charge in [0, 0.05) is 18.0 Å². The Morgan fingerprint density at radius 2 is 1.88 bits per heavy atom. The number of hydrogen-bond donors (Lipinski definition) is 1. The van der Waals surface area contributed by atoms with E-state index >= 15 is 0 Å². The summed E-state index contributed by atoms with van der Waals surface area (Å²) in [4.78, 5) is 25.9. The van der Waals surface area contributed by atoms with E-state index in [0.717, 1.165) is 26.2 Å². The van der Waals surface area contributed by atoms with Gasteiger partial charge < -0.3 is 19.7 Å². The molecule has 2 rings (SSSR count). The van der Waals surface area contributed by atoms with Crippen LogP contribution in [-0.4, -0.2) is 43.0 Å². The molecule has 0 aromatic heterocycles. The molecule has 0 spiro atoms. The first-order chi connectivity index (χ1) is 11.4. The molecule has 0 aliphatic carbocycles. The molecule has 1 aliphatic heterocycles. The summed E-state index contributed by atoms with van der Waals surface area (Å²) in [7, 11) is 0. The molecule has 0 bridgehead atoms. The highest BCUT2D eigenvalue weighted by Crippen LogP contribution is 2.16. The summed E-state index contributed by atoms with van der Waals surface area (Å²) in [5.74, 6) is -1.02. The van der Waals surface area contributed by atoms with Crippen molar-refractivity contribution in [2.75, 3.05) is 26.2 Å². The molecule has 1 atom stereocenters. The number of nitrogens with zero attached hydrogens (tertiary/aromatic N) is 1. The van der Waals surface area contributed by atoms with E-state index in [1.807, 2.05) is 4.90 Å². The van der Waals surface area contributed by atoms with Crippen LogP contribution in [0, 0.1) is 13.8 Å². The molecule has 0 radical (unpaired) electrons. The Labute approximate surface area is 144 Å². The van der Waals surface area contributed by atoms with Crippen molar-refractivity contribution in [3.05, 3.63) is 34.9 Å². The number of aryl methyl sites for hydroxylation is 2. The number of carbonyl (C=O) groups excluding carboxylic acids is 2. The molecule has 5 heteroatoms. The highest BCUT2D eigenvalue weighted by atomic mass is 16.4. The quantitative estimate of drug-likeness (QED) is 0.798. The number of carboxylic acid groups (broad SMARTS) is 1. The number of quaternary nitrogens is 1. The molecule has 1 aromatic carbocycles. The zero-order valence-electron chi connectivity index (χ0n) is 14.9. The van der Waals surface area contributed by atoms with Gasteiger partial charge in [-0.25, -0.2) is 0 Å². The molecule has 1 aliphatic rings. The minimum Gasteiger partial charge on any atom is -0.550 e. The van der Waals surface area contributed by atoms with Gasteiger partial charge in [-0.15, -0.1) is 0 Å². The van der Waals surface area contributed by atoms with E-state index in [2.05, 4.69) is 39.0 Å². The SMILES string of the molecule is Cc1ccc([C@@H](C)[NH+]2CCN(C(=O)CCCC(=O)[O-])CC2)c(C)c1. The molecular weight excluding hydrogens is 304 g/mol. The summed E-state index contributed by atoms with van der Waals surface area (Å²) in [6.07, 6.45) is 0.629. The Bertz CT molecular complexity index is 592. The van der Waals surface area contributed by atoms with Crippen LogP contribution < -0.4 is 10.0 Å². The predicted octanol–water partition coefficient (Wildman–Crippen LogP) is 0.0117. The number of aliphatic carboxylic acids is 1. The van der Waals surface area contributed by atoms with E-state index in [9.17, 15) is 14.7 Å². The average Bonchev–Trinajstić information content (AvgIpc) is 2.54. The van der Waals surface area contributed by atoms with Crippen molar-refractivity contribution in [2.45, 2.75) is 46.1 Å². The summed E-state index contributed by atoms with van der Waals surface area (Å²) in [5, 5.41) is 10.4. The Morgan fingerprint density at radius 3 is 2.46 bits per heavy atom. The number of carbonyl (C=O) groups is 2. The van der Waals surface area contributed by atoms with Crippen LogP contribution in [0.5, 0.6) is 0 Å². The second-order valence-electron chi connectivity index (χ2n) is 6.85. The fraction of sp³-hybridized carbons (Fsp3) is 0.579. The molecule has 1 saturated heterocycles. The van der Waals surface area contributed by atoms with Crippen LogP contribution >= 0.6 is 0 Å². The van der Waals surface area contributed by atoms with E-state index in [1.54, 1.807) is 0 Å². The normalized spacial score (nSPS) is 16.9. The van der Waals surface area contributed by atoms with Gasteiger partial charge in [0.2, 0.25) is 5.91 Å². The highest BCUT2D eigenvalue weighted by molar-refractivity contribution is 5.76. The molecule has 0 saturated carbocycles. The summed E-state index contributed by atoms with van der Waals surface area (Å²) in [6, 6.07) is 7.03. The maximum Gasteiger partial charge on any atom is 0.222 e. The van der Waals surface area contributed by atoms with Crippen LogP contribution in [0.2, 0.25) is 0 Å². The number of rotatable bonds is 6. The van der Waals surface area contributed by atoms with Crippen molar-refractivity contribution in [3.63, 3.8) is 0 Å². The second kappa shape index (κ2) is 8.29. The number of amides is 1. The van der Waals surface area contributed by atoms with E-state index in [4.69, 9.17) is 0 Å². The largest absolute Gasteiger partial charge is 0.550 e. The first kappa shape index (κ1) is 18.5. The van der Waals surface area contributed by atoms with E-state index in [0.29, 0.717) is 18.9 Å². The fourth-order valence-corrected chi connectivity index (χ4v) is 3.55. The Balaban J connectivity index is 1.85. The molecule has 1 amide bonds. The molecule has 1 heterocycles. The highest BCUT2D eigenvalue weighted by Gasteiger charge is 2.28. The van der Waals surface area contributed by atoms with Gasteiger partial charge in [-0.05, 0) is 39.2 Å². The van der Waals surface area contributed by atoms with Crippen LogP contribution in [0.4, 0.5) is 0 Å². The van der Waals surface area contributed by atoms with Crippen molar-refractivity contribution < 1.29 is 19.6 Å². The smallest absolute Gasteiger partial charge is 0.222 e. The van der Waals surface area contributed by atoms with Gasteiger partial charge in [0.25, 0.3) is 0 Å². The summed E-state index contributed by atoms with van der Waals surface area (Å²) < 4.78 is 0. The number of benzene rings is 1. The molecule has 1 N–H and O–H groups in total. The first-order valence-electron chi connectivity index (χ1n) is 8.78. The number of carboxylic acids is 1. The van der Waals surface area contributed by atoms with Crippen molar-refractivity contribution >= 4 is 11.9 Å². The van der Waals surface area contributed by atoms with Gasteiger partial charge in [-0.2, -0.15) is 0 Å². The van der Waals surface area contributed by atoms with Gasteiger partial charge in [-0.3, -0.25) is 4.79 Å². The average molecular weight is 332 g/mol. The molecule has 24 heavy (non-hydrogen) atoms.